The van der Waals surface area contributed by atoms with E-state index < -0.39 is 10.0 Å². The summed E-state index contributed by atoms with van der Waals surface area (Å²) < 4.78 is 27.6. The molecule has 0 spiro atoms. The molecule has 0 unspecified atom stereocenters. The van der Waals surface area contributed by atoms with Gasteiger partial charge < -0.3 is 4.74 Å². The molecular formula is C10H11Cl2NO3S. The Morgan fingerprint density at radius 2 is 2.18 bits per heavy atom. The Bertz CT molecular complexity index is 540. The number of aryl methyl sites for hydroxylation is 1. The second kappa shape index (κ2) is 5.73. The first-order valence-electron chi connectivity index (χ1n) is 4.55. The van der Waals surface area contributed by atoms with Crippen LogP contribution < -0.4 is 9.88 Å². The largest absolute Gasteiger partial charge is 0.488 e. The Morgan fingerprint density at radius 3 is 2.65 bits per heavy atom. The van der Waals surface area contributed by atoms with E-state index in [1.807, 2.05) is 0 Å². The van der Waals surface area contributed by atoms with Crippen LogP contribution in [0.25, 0.3) is 0 Å². The molecule has 0 fully saturated rings. The van der Waals surface area contributed by atoms with Crippen LogP contribution in [0.3, 0.4) is 0 Å². The van der Waals surface area contributed by atoms with Crippen LogP contribution in [-0.4, -0.2) is 15.0 Å². The van der Waals surface area contributed by atoms with Crippen molar-refractivity contribution < 1.29 is 13.2 Å². The summed E-state index contributed by atoms with van der Waals surface area (Å²) in [6.07, 6.45) is 0. The molecule has 0 heterocycles. The van der Waals surface area contributed by atoms with Gasteiger partial charge in [0.1, 0.15) is 12.4 Å². The van der Waals surface area contributed by atoms with Crippen LogP contribution in [0.1, 0.15) is 5.56 Å². The van der Waals surface area contributed by atoms with Crippen molar-refractivity contribution in [2.24, 2.45) is 5.14 Å². The summed E-state index contributed by atoms with van der Waals surface area (Å²) in [4.78, 5) is 0.0730. The molecule has 0 aliphatic carbocycles. The Balaban J connectivity index is 2.90. The first-order chi connectivity index (χ1) is 7.84. The lowest BCUT2D eigenvalue weighted by Crippen LogP contribution is -2.13. The van der Waals surface area contributed by atoms with Crippen LogP contribution in [0.15, 0.2) is 33.7 Å². The molecule has 2 N–H and O–H groups in total. The third-order valence-corrected chi connectivity index (χ3v) is 3.61. The number of ether oxygens (including phenoxy) is 1. The summed E-state index contributed by atoms with van der Waals surface area (Å²) >= 11 is 11.0. The van der Waals surface area contributed by atoms with Crippen molar-refractivity contribution in [3.8, 4) is 5.75 Å². The summed E-state index contributed by atoms with van der Waals surface area (Å²) in [6, 6.07) is 4.46. The normalized spacial score (nSPS) is 12.6. The number of sulfonamides is 1. The monoisotopic (exact) mass is 295 g/mol. The molecule has 0 aromatic heterocycles. The lowest BCUT2D eigenvalue weighted by Gasteiger charge is -2.08. The smallest absolute Gasteiger partial charge is 0.238 e. The number of nitrogens with two attached hydrogens (primary N) is 1. The molecule has 7 heteroatoms. The van der Waals surface area contributed by atoms with Crippen molar-refractivity contribution in [1.82, 2.24) is 0 Å². The van der Waals surface area contributed by atoms with Gasteiger partial charge in [-0.3, -0.25) is 0 Å². The predicted octanol–water partition coefficient (Wildman–Crippen LogP) is 2.34. The van der Waals surface area contributed by atoms with Gasteiger partial charge in [-0.2, -0.15) is 0 Å². The molecule has 1 aromatic rings. The zero-order chi connectivity index (χ0) is 13.1. The maximum atomic E-state index is 11.2. The number of hydrogen-bond acceptors (Lipinski definition) is 3. The Labute approximate surface area is 110 Å². The summed E-state index contributed by atoms with van der Waals surface area (Å²) in [7, 11) is -3.70. The van der Waals surface area contributed by atoms with E-state index >= 15 is 0 Å². The fourth-order valence-corrected chi connectivity index (χ4v) is 2.10. The van der Waals surface area contributed by atoms with Crippen LogP contribution in [0.2, 0.25) is 0 Å². The summed E-state index contributed by atoms with van der Waals surface area (Å²) in [5.74, 6) is 0.492. The van der Waals surface area contributed by atoms with Crippen LogP contribution >= 0.6 is 23.2 Å². The van der Waals surface area contributed by atoms with E-state index in [1.165, 1.54) is 17.7 Å². The minimum Gasteiger partial charge on any atom is -0.488 e. The molecule has 94 valence electrons. The summed E-state index contributed by atoms with van der Waals surface area (Å²) in [6.45, 7) is 1.75. The first kappa shape index (κ1) is 14.3. The second-order valence-electron chi connectivity index (χ2n) is 3.32. The molecule has 0 saturated carbocycles. The number of halogens is 2. The van der Waals surface area contributed by atoms with Gasteiger partial charge in [0.15, 0.2) is 0 Å². The highest BCUT2D eigenvalue weighted by molar-refractivity contribution is 7.89. The zero-order valence-corrected chi connectivity index (χ0v) is 11.3. The standard InChI is InChI=1S/C10H11Cl2NO3S/c1-7-4-9(16-6-8(12)5-11)2-3-10(7)17(13,14)15/h2-5H,6H2,1H3,(H2,13,14,15)/b8-5-. The van der Waals surface area contributed by atoms with E-state index in [1.54, 1.807) is 13.0 Å². The fourth-order valence-electron chi connectivity index (χ4n) is 1.21. The number of benzene rings is 1. The van der Waals surface area contributed by atoms with Crippen LogP contribution in [0.4, 0.5) is 0 Å². The van der Waals surface area contributed by atoms with E-state index in [-0.39, 0.29) is 11.5 Å². The minimum absolute atomic E-state index is 0.0730. The van der Waals surface area contributed by atoms with Gasteiger partial charge >= 0.3 is 0 Å². The predicted molar refractivity (Wildman–Crippen MR) is 67.8 cm³/mol. The van der Waals surface area contributed by atoms with Crippen LogP contribution in [0.5, 0.6) is 5.75 Å². The second-order valence-corrected chi connectivity index (χ2v) is 5.55. The molecule has 0 radical (unpaired) electrons. The van der Waals surface area contributed by atoms with Crippen LogP contribution in [-0.2, 0) is 10.0 Å². The highest BCUT2D eigenvalue weighted by atomic mass is 35.5. The average molecular weight is 296 g/mol. The van der Waals surface area contributed by atoms with Gasteiger partial charge in [-0.1, -0.05) is 23.2 Å². The SMILES string of the molecule is Cc1cc(OC/C(Cl)=C/Cl)ccc1S(N)(=O)=O. The van der Waals surface area contributed by atoms with Gasteiger partial charge in [-0.05, 0) is 30.7 Å². The third kappa shape index (κ3) is 4.20. The van der Waals surface area contributed by atoms with E-state index in [9.17, 15) is 8.42 Å². The summed E-state index contributed by atoms with van der Waals surface area (Å²) in [5.41, 5.74) is 1.71. The van der Waals surface area contributed by atoms with Crippen LogP contribution in [0, 0.1) is 6.92 Å². The molecule has 0 atom stereocenters. The van der Waals surface area contributed by atoms with E-state index in [0.29, 0.717) is 16.3 Å². The Hall–Kier alpha value is -0.750. The summed E-state index contributed by atoms with van der Waals surface area (Å²) in [5, 5.41) is 5.38. The van der Waals surface area contributed by atoms with Crippen molar-refractivity contribution in [2.75, 3.05) is 6.61 Å². The highest BCUT2D eigenvalue weighted by Crippen LogP contribution is 2.21. The van der Waals surface area contributed by atoms with Crippen molar-refractivity contribution in [3.63, 3.8) is 0 Å². The van der Waals surface area contributed by atoms with E-state index in [4.69, 9.17) is 33.1 Å². The molecule has 4 nitrogen and oxygen atoms in total. The lowest BCUT2D eigenvalue weighted by molar-refractivity contribution is 0.359. The van der Waals surface area contributed by atoms with Crippen molar-refractivity contribution >= 4 is 33.2 Å². The topological polar surface area (TPSA) is 69.4 Å². The van der Waals surface area contributed by atoms with Crippen molar-refractivity contribution in [1.29, 1.82) is 0 Å². The highest BCUT2D eigenvalue weighted by Gasteiger charge is 2.11. The molecule has 0 amide bonds. The third-order valence-electron chi connectivity index (χ3n) is 1.95. The molecule has 1 rings (SSSR count). The Morgan fingerprint density at radius 1 is 1.53 bits per heavy atom. The van der Waals surface area contributed by atoms with Gasteiger partial charge in [0.25, 0.3) is 0 Å². The average Bonchev–Trinajstić information content (AvgIpc) is 2.24. The number of primary sulfonamides is 1. The Kier molecular flexibility index (Phi) is 4.82. The van der Waals surface area contributed by atoms with Gasteiger partial charge in [0.05, 0.1) is 9.93 Å². The first-order valence-corrected chi connectivity index (χ1v) is 6.91. The lowest BCUT2D eigenvalue weighted by atomic mass is 10.2. The maximum Gasteiger partial charge on any atom is 0.238 e. The van der Waals surface area contributed by atoms with Crippen molar-refractivity contribution in [2.45, 2.75) is 11.8 Å². The molecular weight excluding hydrogens is 285 g/mol. The molecule has 17 heavy (non-hydrogen) atoms. The zero-order valence-electron chi connectivity index (χ0n) is 8.98. The molecule has 0 bridgehead atoms. The van der Waals surface area contributed by atoms with Gasteiger partial charge in [-0.15, -0.1) is 0 Å². The number of hydrogen-bond donors (Lipinski definition) is 1. The maximum absolute atomic E-state index is 11.2. The van der Waals surface area contributed by atoms with Gasteiger partial charge in [0, 0.05) is 5.54 Å². The van der Waals surface area contributed by atoms with E-state index in [0.717, 1.165) is 0 Å². The quantitative estimate of drug-likeness (QED) is 0.927. The molecule has 0 saturated heterocycles. The molecule has 1 aromatic carbocycles. The fraction of sp³-hybridized carbons (Fsp3) is 0.200. The van der Waals surface area contributed by atoms with Gasteiger partial charge in [0.2, 0.25) is 10.0 Å². The molecule has 0 aliphatic heterocycles. The van der Waals surface area contributed by atoms with E-state index in [2.05, 4.69) is 0 Å². The van der Waals surface area contributed by atoms with Gasteiger partial charge in [-0.25, -0.2) is 13.6 Å². The minimum atomic E-state index is -3.70. The van der Waals surface area contributed by atoms with Crippen molar-refractivity contribution in [3.05, 3.63) is 34.3 Å². The number of rotatable bonds is 4. The molecule has 0 aliphatic rings.